The fourth-order valence-electron chi connectivity index (χ4n) is 2.78. The van der Waals surface area contributed by atoms with Crippen LogP contribution in [0.1, 0.15) is 32.4 Å². The highest BCUT2D eigenvalue weighted by Gasteiger charge is 2.12. The summed E-state index contributed by atoms with van der Waals surface area (Å²) < 4.78 is 5.39. The second-order valence-electron chi connectivity index (χ2n) is 6.72. The summed E-state index contributed by atoms with van der Waals surface area (Å²) in [7, 11) is 0. The molecule has 3 N–H and O–H groups in total. The first-order valence-corrected chi connectivity index (χ1v) is 8.66. The average Bonchev–Trinajstić information content (AvgIpc) is 2.99. The molecule has 6 heteroatoms. The molecular weight excluding hydrogens is 318 g/mol. The van der Waals surface area contributed by atoms with Gasteiger partial charge < -0.3 is 20.2 Å². The lowest BCUT2D eigenvalue weighted by atomic mass is 9.94. The van der Waals surface area contributed by atoms with E-state index in [-0.39, 0.29) is 18.6 Å². The van der Waals surface area contributed by atoms with E-state index >= 15 is 0 Å². The van der Waals surface area contributed by atoms with Crippen LogP contribution in [0.25, 0.3) is 11.5 Å². The van der Waals surface area contributed by atoms with Crippen molar-refractivity contribution < 1.29 is 14.3 Å². The number of urea groups is 1. The first kappa shape index (κ1) is 19.0. The smallest absolute Gasteiger partial charge is 0.319 e. The van der Waals surface area contributed by atoms with Crippen molar-refractivity contribution in [2.45, 2.75) is 33.6 Å². The molecule has 2 rings (SSSR count). The molecule has 1 aromatic heterocycles. The summed E-state index contributed by atoms with van der Waals surface area (Å²) in [5.74, 6) is 1.33. The molecule has 2 aromatic rings. The maximum absolute atomic E-state index is 12.1. The topological polar surface area (TPSA) is 87.4 Å². The fraction of sp³-hybridized carbons (Fsp3) is 0.474. The Labute approximate surface area is 148 Å². The number of anilines is 1. The normalized spacial score (nSPS) is 12.2. The number of aromatic nitrogens is 1. The molecule has 25 heavy (non-hydrogen) atoms. The lowest BCUT2D eigenvalue weighted by Crippen LogP contribution is -2.33. The molecule has 0 fully saturated rings. The van der Waals surface area contributed by atoms with Crippen molar-refractivity contribution in [3.8, 4) is 11.5 Å². The molecule has 0 radical (unpaired) electrons. The lowest BCUT2D eigenvalue weighted by molar-refractivity contribution is 0.231. The van der Waals surface area contributed by atoms with Crippen molar-refractivity contribution >= 4 is 11.7 Å². The molecule has 0 spiro atoms. The van der Waals surface area contributed by atoms with Gasteiger partial charge in [0, 0.05) is 24.4 Å². The molecule has 0 saturated carbocycles. The standard InChI is InChI=1S/C19H27N3O3/c1-13(2)9-15(7-8-23)11-20-19(24)22-17-6-4-5-16(10-17)18-21-14(3)12-25-18/h4-6,10,12-13,15,23H,7-9,11H2,1-3H3,(H2,20,22,24). The van der Waals surface area contributed by atoms with Gasteiger partial charge in [-0.05, 0) is 49.8 Å². The zero-order chi connectivity index (χ0) is 18.2. The van der Waals surface area contributed by atoms with E-state index in [0.717, 1.165) is 17.7 Å². The number of carbonyl (C=O) groups is 1. The second kappa shape index (κ2) is 9.22. The average molecular weight is 345 g/mol. The van der Waals surface area contributed by atoms with Gasteiger partial charge in [-0.25, -0.2) is 9.78 Å². The Hall–Kier alpha value is -2.34. The molecule has 136 valence electrons. The number of nitrogens with zero attached hydrogens (tertiary/aromatic N) is 1. The molecule has 0 aliphatic carbocycles. The maximum Gasteiger partial charge on any atom is 0.319 e. The number of benzene rings is 1. The van der Waals surface area contributed by atoms with Crippen molar-refractivity contribution in [3.05, 3.63) is 36.2 Å². The number of hydrogen-bond donors (Lipinski definition) is 3. The molecule has 0 aliphatic heterocycles. The van der Waals surface area contributed by atoms with Crippen LogP contribution in [0.3, 0.4) is 0 Å². The third-order valence-electron chi connectivity index (χ3n) is 3.88. The molecule has 0 bridgehead atoms. The molecule has 1 heterocycles. The second-order valence-corrected chi connectivity index (χ2v) is 6.72. The van der Waals surface area contributed by atoms with E-state index in [9.17, 15) is 4.79 Å². The van der Waals surface area contributed by atoms with E-state index in [1.54, 1.807) is 6.26 Å². The minimum Gasteiger partial charge on any atom is -0.444 e. The largest absolute Gasteiger partial charge is 0.444 e. The fourth-order valence-corrected chi connectivity index (χ4v) is 2.78. The third kappa shape index (κ3) is 6.23. The van der Waals surface area contributed by atoms with E-state index in [1.807, 2.05) is 31.2 Å². The highest BCUT2D eigenvalue weighted by atomic mass is 16.3. The number of nitrogens with one attached hydrogen (secondary N) is 2. The van der Waals surface area contributed by atoms with Crippen molar-refractivity contribution in [1.29, 1.82) is 0 Å². The Bertz CT molecular complexity index is 682. The van der Waals surface area contributed by atoms with Crippen LogP contribution in [-0.4, -0.2) is 29.3 Å². The van der Waals surface area contributed by atoms with Crippen LogP contribution in [0.4, 0.5) is 10.5 Å². The van der Waals surface area contributed by atoms with E-state index in [4.69, 9.17) is 9.52 Å². The first-order chi connectivity index (χ1) is 12.0. The van der Waals surface area contributed by atoms with Gasteiger partial charge in [-0.3, -0.25) is 0 Å². The molecule has 2 amide bonds. The van der Waals surface area contributed by atoms with Crippen LogP contribution >= 0.6 is 0 Å². The Kier molecular flexibility index (Phi) is 7.01. The summed E-state index contributed by atoms with van der Waals surface area (Å²) >= 11 is 0. The van der Waals surface area contributed by atoms with Crippen LogP contribution in [0, 0.1) is 18.8 Å². The van der Waals surface area contributed by atoms with E-state index in [0.29, 0.717) is 30.5 Å². The number of aliphatic hydroxyl groups is 1. The van der Waals surface area contributed by atoms with Crippen LogP contribution in [0.15, 0.2) is 34.9 Å². The highest BCUT2D eigenvalue weighted by molar-refractivity contribution is 5.89. The number of carbonyl (C=O) groups excluding carboxylic acids is 1. The van der Waals surface area contributed by atoms with Crippen molar-refractivity contribution in [3.63, 3.8) is 0 Å². The van der Waals surface area contributed by atoms with Gasteiger partial charge in [0.05, 0.1) is 5.69 Å². The van der Waals surface area contributed by atoms with Crippen molar-refractivity contribution in [2.75, 3.05) is 18.5 Å². The Morgan fingerprint density at radius 1 is 1.36 bits per heavy atom. The van der Waals surface area contributed by atoms with Gasteiger partial charge in [-0.15, -0.1) is 0 Å². The SMILES string of the molecule is Cc1coc(-c2cccc(NC(=O)NCC(CCO)CC(C)C)c2)n1. The molecule has 0 aliphatic rings. The predicted octanol–water partition coefficient (Wildman–Crippen LogP) is 3.82. The maximum atomic E-state index is 12.1. The van der Waals surface area contributed by atoms with E-state index in [1.165, 1.54) is 0 Å². The molecule has 0 saturated heterocycles. The first-order valence-electron chi connectivity index (χ1n) is 8.66. The van der Waals surface area contributed by atoms with Gasteiger partial charge in [-0.2, -0.15) is 0 Å². The van der Waals surface area contributed by atoms with Gasteiger partial charge in [-0.1, -0.05) is 19.9 Å². The summed E-state index contributed by atoms with van der Waals surface area (Å²) in [4.78, 5) is 16.4. The van der Waals surface area contributed by atoms with Crippen LogP contribution in [0.2, 0.25) is 0 Å². The van der Waals surface area contributed by atoms with E-state index < -0.39 is 0 Å². The molecule has 1 atom stereocenters. The Balaban J connectivity index is 1.91. The summed E-state index contributed by atoms with van der Waals surface area (Å²) in [6.07, 6.45) is 3.26. The molecular formula is C19H27N3O3. The van der Waals surface area contributed by atoms with Gasteiger partial charge in [0.2, 0.25) is 5.89 Å². The van der Waals surface area contributed by atoms with Gasteiger partial charge in [0.25, 0.3) is 0 Å². The van der Waals surface area contributed by atoms with Gasteiger partial charge >= 0.3 is 6.03 Å². The number of oxazole rings is 1. The minimum absolute atomic E-state index is 0.137. The van der Waals surface area contributed by atoms with Crippen LogP contribution < -0.4 is 10.6 Å². The van der Waals surface area contributed by atoms with Crippen LogP contribution in [-0.2, 0) is 0 Å². The van der Waals surface area contributed by atoms with Crippen molar-refractivity contribution in [1.82, 2.24) is 10.3 Å². The number of aliphatic hydroxyl groups excluding tert-OH is 1. The van der Waals surface area contributed by atoms with Gasteiger partial charge in [0.1, 0.15) is 6.26 Å². The summed E-state index contributed by atoms with van der Waals surface area (Å²) in [6.45, 7) is 6.82. The Morgan fingerprint density at radius 3 is 2.80 bits per heavy atom. The van der Waals surface area contributed by atoms with Gasteiger partial charge in [0.15, 0.2) is 0 Å². The minimum atomic E-state index is -0.257. The molecule has 6 nitrogen and oxygen atoms in total. The Morgan fingerprint density at radius 2 is 2.16 bits per heavy atom. The third-order valence-corrected chi connectivity index (χ3v) is 3.88. The number of amides is 2. The predicted molar refractivity (Wildman–Crippen MR) is 98.3 cm³/mol. The zero-order valence-electron chi connectivity index (χ0n) is 15.1. The summed E-state index contributed by atoms with van der Waals surface area (Å²) in [5.41, 5.74) is 2.29. The molecule has 1 unspecified atom stereocenters. The lowest BCUT2D eigenvalue weighted by Gasteiger charge is -2.18. The number of aryl methyl sites for hydroxylation is 1. The number of hydrogen-bond acceptors (Lipinski definition) is 4. The monoisotopic (exact) mass is 345 g/mol. The summed E-state index contributed by atoms with van der Waals surface area (Å²) in [6, 6.07) is 7.11. The zero-order valence-corrected chi connectivity index (χ0v) is 15.1. The van der Waals surface area contributed by atoms with Crippen LogP contribution in [0.5, 0.6) is 0 Å². The quantitative estimate of drug-likeness (QED) is 0.679. The van der Waals surface area contributed by atoms with Crippen molar-refractivity contribution in [2.24, 2.45) is 11.8 Å². The number of rotatable bonds is 8. The highest BCUT2D eigenvalue weighted by Crippen LogP contribution is 2.22. The molecule has 1 aromatic carbocycles. The van der Waals surface area contributed by atoms with E-state index in [2.05, 4.69) is 29.5 Å². The summed E-state index contributed by atoms with van der Waals surface area (Å²) in [5, 5.41) is 14.9.